The van der Waals surface area contributed by atoms with Crippen LogP contribution in [0.3, 0.4) is 0 Å². The largest absolute Gasteiger partial charge is 0.453 e. The number of unbranched alkanes of at least 4 members (excludes halogenated alkanes) is 7. The highest BCUT2D eigenvalue weighted by atomic mass is 32.1. The number of halogens is 5. The van der Waals surface area contributed by atoms with Gasteiger partial charge >= 0.3 is 12.1 Å². The Morgan fingerprint density at radius 2 is 1.00 bits per heavy atom. The molecule has 0 heterocycles. The molecule has 0 aliphatic rings. The molecule has 0 nitrogen and oxygen atoms in total. The number of hydrogen-bond acceptors (Lipinski definition) is 1. The molecule has 0 N–H and O–H groups in total. The first kappa shape index (κ1) is 18.0. The predicted octanol–water partition coefficient (Wildman–Crippen LogP) is 5.62. The first-order chi connectivity index (χ1) is 8.31. The van der Waals surface area contributed by atoms with Gasteiger partial charge in [0, 0.05) is 6.42 Å². The monoisotopic (exact) mass is 292 g/mol. The first-order valence-corrected chi connectivity index (χ1v) is 7.00. The third-order valence-corrected chi connectivity index (χ3v) is 3.13. The molecule has 110 valence electrons. The molecule has 0 bridgehead atoms. The third kappa shape index (κ3) is 8.16. The highest BCUT2D eigenvalue weighted by molar-refractivity contribution is 7.80. The summed E-state index contributed by atoms with van der Waals surface area (Å²) in [5.41, 5.74) is 0. The molecule has 0 amide bonds. The normalized spacial score (nSPS) is 13.0. The molecule has 0 fully saturated rings. The quantitative estimate of drug-likeness (QED) is 0.301. The molecule has 18 heavy (non-hydrogen) atoms. The fourth-order valence-electron chi connectivity index (χ4n) is 1.66. The van der Waals surface area contributed by atoms with Crippen LogP contribution < -0.4 is 0 Å². The van der Waals surface area contributed by atoms with Crippen molar-refractivity contribution in [1.82, 2.24) is 0 Å². The van der Waals surface area contributed by atoms with Crippen LogP contribution in [0.2, 0.25) is 0 Å². The average molecular weight is 292 g/mol. The summed E-state index contributed by atoms with van der Waals surface area (Å²) >= 11 is 4.08. The number of thiol groups is 1. The Bertz CT molecular complexity index is 203. The first-order valence-electron chi connectivity index (χ1n) is 6.36. The minimum Gasteiger partial charge on any atom is -0.196 e. The number of hydrogen-bond donors (Lipinski definition) is 1. The Morgan fingerprint density at radius 3 is 1.39 bits per heavy atom. The van der Waals surface area contributed by atoms with E-state index in [1.165, 1.54) is 0 Å². The van der Waals surface area contributed by atoms with E-state index in [1.54, 1.807) is 0 Å². The molecule has 0 saturated heterocycles. The van der Waals surface area contributed by atoms with E-state index in [4.69, 9.17) is 0 Å². The molecule has 0 radical (unpaired) electrons. The number of alkyl halides is 5. The van der Waals surface area contributed by atoms with Crippen molar-refractivity contribution in [2.45, 2.75) is 69.9 Å². The summed E-state index contributed by atoms with van der Waals surface area (Å²) in [5, 5.41) is 0. The van der Waals surface area contributed by atoms with Crippen molar-refractivity contribution in [3.63, 3.8) is 0 Å². The lowest BCUT2D eigenvalue weighted by Gasteiger charge is -2.19. The predicted molar refractivity (Wildman–Crippen MR) is 66.4 cm³/mol. The minimum absolute atomic E-state index is 0.0663. The van der Waals surface area contributed by atoms with E-state index in [9.17, 15) is 22.0 Å². The topological polar surface area (TPSA) is 0 Å². The van der Waals surface area contributed by atoms with Gasteiger partial charge in [0.05, 0.1) is 0 Å². The van der Waals surface area contributed by atoms with Gasteiger partial charge in [0.1, 0.15) is 0 Å². The van der Waals surface area contributed by atoms with Gasteiger partial charge in [0.15, 0.2) is 0 Å². The van der Waals surface area contributed by atoms with E-state index in [-0.39, 0.29) is 6.42 Å². The smallest absolute Gasteiger partial charge is 0.196 e. The van der Waals surface area contributed by atoms with Crippen LogP contribution in [0.4, 0.5) is 22.0 Å². The number of rotatable bonds is 10. The van der Waals surface area contributed by atoms with Gasteiger partial charge in [-0.2, -0.15) is 34.6 Å². The van der Waals surface area contributed by atoms with Gasteiger partial charge in [-0.1, -0.05) is 38.5 Å². The lowest BCUT2D eigenvalue weighted by molar-refractivity contribution is -0.284. The molecule has 0 spiro atoms. The standard InChI is InChI=1S/C12H21F5S/c13-11(14,12(15,16)17)9-7-5-3-1-2-4-6-8-10-18/h18H,1-10H2. The van der Waals surface area contributed by atoms with Gasteiger partial charge < -0.3 is 0 Å². The maximum absolute atomic E-state index is 12.5. The van der Waals surface area contributed by atoms with Gasteiger partial charge in [-0.15, -0.1) is 0 Å². The van der Waals surface area contributed by atoms with Crippen LogP contribution in [-0.2, 0) is 0 Å². The molecular weight excluding hydrogens is 271 g/mol. The van der Waals surface area contributed by atoms with E-state index >= 15 is 0 Å². The molecular formula is C12H21F5S. The van der Waals surface area contributed by atoms with Crippen LogP contribution in [0.5, 0.6) is 0 Å². The van der Waals surface area contributed by atoms with E-state index in [0.29, 0.717) is 6.42 Å². The van der Waals surface area contributed by atoms with Crippen LogP contribution in [0.1, 0.15) is 57.8 Å². The van der Waals surface area contributed by atoms with Gasteiger partial charge in [0.2, 0.25) is 0 Å². The summed E-state index contributed by atoms with van der Waals surface area (Å²) < 4.78 is 60.5. The highest BCUT2D eigenvalue weighted by Gasteiger charge is 2.56. The molecule has 0 aromatic carbocycles. The van der Waals surface area contributed by atoms with Crippen molar-refractivity contribution >= 4 is 12.6 Å². The van der Waals surface area contributed by atoms with E-state index in [0.717, 1.165) is 44.3 Å². The molecule has 0 rings (SSSR count). The van der Waals surface area contributed by atoms with Crippen LogP contribution in [0.25, 0.3) is 0 Å². The fourth-order valence-corrected chi connectivity index (χ4v) is 1.88. The highest BCUT2D eigenvalue weighted by Crippen LogP contribution is 2.39. The zero-order chi connectivity index (χ0) is 14.1. The summed E-state index contributed by atoms with van der Waals surface area (Å²) in [6, 6.07) is 0. The zero-order valence-corrected chi connectivity index (χ0v) is 11.3. The van der Waals surface area contributed by atoms with Crippen LogP contribution in [-0.4, -0.2) is 17.9 Å². The summed E-state index contributed by atoms with van der Waals surface area (Å²) in [4.78, 5) is 0. The summed E-state index contributed by atoms with van der Waals surface area (Å²) in [7, 11) is 0. The zero-order valence-electron chi connectivity index (χ0n) is 10.4. The summed E-state index contributed by atoms with van der Waals surface area (Å²) in [6.07, 6.45) is -0.199. The summed E-state index contributed by atoms with van der Waals surface area (Å²) in [6.45, 7) is 0. The minimum atomic E-state index is -5.40. The third-order valence-electron chi connectivity index (χ3n) is 2.81. The van der Waals surface area contributed by atoms with Crippen molar-refractivity contribution in [3.8, 4) is 0 Å². The fraction of sp³-hybridized carbons (Fsp3) is 1.00. The van der Waals surface area contributed by atoms with Crippen molar-refractivity contribution in [2.24, 2.45) is 0 Å². The van der Waals surface area contributed by atoms with Gasteiger partial charge in [-0.05, 0) is 18.6 Å². The molecule has 6 heteroatoms. The van der Waals surface area contributed by atoms with Crippen molar-refractivity contribution in [2.75, 3.05) is 5.75 Å². The van der Waals surface area contributed by atoms with Crippen LogP contribution in [0.15, 0.2) is 0 Å². The molecule has 0 aliphatic carbocycles. The van der Waals surface area contributed by atoms with Crippen molar-refractivity contribution in [3.05, 3.63) is 0 Å². The second kappa shape index (κ2) is 8.99. The lowest BCUT2D eigenvalue weighted by atomic mass is 10.1. The Balaban J connectivity index is 3.41. The van der Waals surface area contributed by atoms with E-state index in [1.807, 2.05) is 0 Å². The van der Waals surface area contributed by atoms with Gasteiger partial charge in [-0.25, -0.2) is 0 Å². The molecule has 0 aliphatic heterocycles. The Labute approximate surface area is 111 Å². The average Bonchev–Trinajstić information content (AvgIpc) is 2.25. The Hall–Kier alpha value is -0.0000000000000000555. The van der Waals surface area contributed by atoms with Gasteiger partial charge in [0.25, 0.3) is 0 Å². The molecule has 0 aromatic heterocycles. The van der Waals surface area contributed by atoms with E-state index < -0.39 is 18.5 Å². The maximum Gasteiger partial charge on any atom is 0.453 e. The summed E-state index contributed by atoms with van der Waals surface area (Å²) in [5.74, 6) is -3.66. The van der Waals surface area contributed by atoms with Crippen molar-refractivity contribution in [1.29, 1.82) is 0 Å². The maximum atomic E-state index is 12.5. The second-order valence-electron chi connectivity index (χ2n) is 4.50. The Morgan fingerprint density at radius 1 is 0.611 bits per heavy atom. The van der Waals surface area contributed by atoms with E-state index in [2.05, 4.69) is 12.6 Å². The van der Waals surface area contributed by atoms with Crippen LogP contribution >= 0.6 is 12.6 Å². The molecule has 0 aromatic rings. The molecule has 0 saturated carbocycles. The van der Waals surface area contributed by atoms with Crippen LogP contribution in [0, 0.1) is 0 Å². The Kier molecular flexibility index (Phi) is 8.99. The van der Waals surface area contributed by atoms with Crippen molar-refractivity contribution < 1.29 is 22.0 Å². The molecule has 0 unspecified atom stereocenters. The SMILES string of the molecule is FC(F)(F)C(F)(F)CCCCCCCCCCS. The second-order valence-corrected chi connectivity index (χ2v) is 4.95. The van der Waals surface area contributed by atoms with Gasteiger partial charge in [-0.3, -0.25) is 0 Å². The lowest BCUT2D eigenvalue weighted by Crippen LogP contribution is -2.36. The molecule has 0 atom stereocenters.